The number of piperidine rings is 1. The lowest BCUT2D eigenvalue weighted by molar-refractivity contribution is -0.123. The number of ether oxygens (including phenoxy) is 1. The van der Waals surface area contributed by atoms with Gasteiger partial charge in [0.1, 0.15) is 17.4 Å². The van der Waals surface area contributed by atoms with Crippen molar-refractivity contribution < 1.29 is 32.2 Å². The number of pyridine rings is 1. The zero-order chi connectivity index (χ0) is 26.6. The standard InChI is InChI=1S/C23H24ClFN4O6S/c1-3-16-17(11-26)20(27-22(35-2)19(16)23(31)32)29-8-6-13(7-9-29)21(30)28-36(33,34)12-14-4-5-15(24)10-18(14)25/h4-5,10,13H,3,6-9,12H2,1-2H3,(H,28,30)(H,31,32). The molecular weight excluding hydrogens is 515 g/mol. The monoisotopic (exact) mass is 538 g/mol. The predicted molar refractivity (Wildman–Crippen MR) is 129 cm³/mol. The number of anilines is 1. The number of hydrogen-bond acceptors (Lipinski definition) is 8. The van der Waals surface area contributed by atoms with E-state index in [2.05, 4.69) is 4.98 Å². The maximum Gasteiger partial charge on any atom is 0.341 e. The van der Waals surface area contributed by atoms with Crippen LogP contribution in [0.2, 0.25) is 5.02 Å². The van der Waals surface area contributed by atoms with Crippen molar-refractivity contribution in [2.45, 2.75) is 31.9 Å². The Morgan fingerprint density at radius 1 is 1.36 bits per heavy atom. The lowest BCUT2D eigenvalue weighted by Gasteiger charge is -2.33. The molecule has 2 heterocycles. The smallest absolute Gasteiger partial charge is 0.341 e. The van der Waals surface area contributed by atoms with Gasteiger partial charge in [0, 0.05) is 29.6 Å². The molecule has 13 heteroatoms. The van der Waals surface area contributed by atoms with Gasteiger partial charge in [-0.1, -0.05) is 24.6 Å². The molecule has 1 aromatic heterocycles. The number of nitriles is 1. The van der Waals surface area contributed by atoms with Crippen molar-refractivity contribution >= 4 is 39.3 Å². The first-order valence-electron chi connectivity index (χ1n) is 11.0. The predicted octanol–water partition coefficient (Wildman–Crippen LogP) is 2.88. The van der Waals surface area contributed by atoms with Crippen LogP contribution in [0.25, 0.3) is 0 Å². The fraction of sp³-hybridized carbons (Fsp3) is 0.391. The van der Waals surface area contributed by atoms with Crippen LogP contribution >= 0.6 is 11.6 Å². The van der Waals surface area contributed by atoms with Gasteiger partial charge < -0.3 is 14.7 Å². The van der Waals surface area contributed by atoms with E-state index in [0.29, 0.717) is 5.56 Å². The minimum atomic E-state index is -4.15. The highest BCUT2D eigenvalue weighted by atomic mass is 35.5. The van der Waals surface area contributed by atoms with Crippen molar-refractivity contribution in [1.29, 1.82) is 5.26 Å². The van der Waals surface area contributed by atoms with Crippen molar-refractivity contribution in [3.8, 4) is 11.9 Å². The largest absolute Gasteiger partial charge is 0.480 e. The molecule has 1 amide bonds. The molecular formula is C23H24ClFN4O6S. The zero-order valence-corrected chi connectivity index (χ0v) is 21.1. The highest BCUT2D eigenvalue weighted by molar-refractivity contribution is 7.89. The molecule has 0 spiro atoms. The molecule has 1 aliphatic heterocycles. The van der Waals surface area contributed by atoms with Gasteiger partial charge in [-0.2, -0.15) is 10.2 Å². The number of aromatic nitrogens is 1. The molecule has 2 aromatic rings. The van der Waals surface area contributed by atoms with E-state index in [1.807, 2.05) is 10.8 Å². The number of nitrogens with one attached hydrogen (secondary N) is 1. The number of halogens is 2. The minimum Gasteiger partial charge on any atom is -0.480 e. The molecule has 2 N–H and O–H groups in total. The number of carboxylic acid groups (broad SMARTS) is 1. The molecule has 0 unspecified atom stereocenters. The van der Waals surface area contributed by atoms with Crippen molar-refractivity contribution in [1.82, 2.24) is 9.71 Å². The lowest BCUT2D eigenvalue weighted by Crippen LogP contribution is -2.43. The molecule has 0 radical (unpaired) electrons. The van der Waals surface area contributed by atoms with E-state index in [1.54, 1.807) is 11.8 Å². The Kier molecular flexibility index (Phi) is 8.37. The highest BCUT2D eigenvalue weighted by Gasteiger charge is 2.32. The molecule has 1 fully saturated rings. The number of benzene rings is 1. The number of nitrogens with zero attached hydrogens (tertiary/aromatic N) is 3. The topological polar surface area (TPSA) is 150 Å². The molecule has 0 saturated carbocycles. The molecule has 1 aliphatic rings. The Bertz CT molecular complexity index is 1340. The first kappa shape index (κ1) is 27.2. The van der Waals surface area contributed by atoms with E-state index in [1.165, 1.54) is 19.2 Å². The number of hydrogen-bond donors (Lipinski definition) is 2. The van der Waals surface area contributed by atoms with Gasteiger partial charge in [-0.3, -0.25) is 9.52 Å². The lowest BCUT2D eigenvalue weighted by atomic mass is 9.95. The van der Waals surface area contributed by atoms with Crippen molar-refractivity contribution in [2.24, 2.45) is 5.92 Å². The van der Waals surface area contributed by atoms with Crippen LogP contribution < -0.4 is 14.4 Å². The van der Waals surface area contributed by atoms with Gasteiger partial charge in [0.05, 0.1) is 18.4 Å². The van der Waals surface area contributed by atoms with Crippen LogP contribution in [-0.4, -0.2) is 50.6 Å². The highest BCUT2D eigenvalue weighted by Crippen LogP contribution is 2.33. The fourth-order valence-corrected chi connectivity index (χ4v) is 5.48. The number of rotatable bonds is 8. The Morgan fingerprint density at radius 2 is 2.03 bits per heavy atom. The van der Waals surface area contributed by atoms with E-state index in [4.69, 9.17) is 16.3 Å². The Morgan fingerprint density at radius 3 is 2.56 bits per heavy atom. The Hall–Kier alpha value is -3.43. The molecule has 0 bridgehead atoms. The van der Waals surface area contributed by atoms with Gasteiger partial charge in [-0.15, -0.1) is 0 Å². The van der Waals surface area contributed by atoms with Crippen molar-refractivity contribution in [3.63, 3.8) is 0 Å². The summed E-state index contributed by atoms with van der Waals surface area (Å²) in [5, 5.41) is 19.4. The summed E-state index contributed by atoms with van der Waals surface area (Å²) in [7, 11) is -2.86. The van der Waals surface area contributed by atoms with Gasteiger partial charge >= 0.3 is 5.97 Å². The summed E-state index contributed by atoms with van der Waals surface area (Å²) in [4.78, 5) is 30.4. The summed E-state index contributed by atoms with van der Waals surface area (Å²) in [5.41, 5.74) is 0.130. The van der Waals surface area contributed by atoms with Crippen LogP contribution in [0.15, 0.2) is 18.2 Å². The van der Waals surface area contributed by atoms with Crippen LogP contribution in [0.3, 0.4) is 0 Å². The third kappa shape index (κ3) is 5.85. The maximum atomic E-state index is 14.0. The minimum absolute atomic E-state index is 0.116. The van der Waals surface area contributed by atoms with Crippen molar-refractivity contribution in [3.05, 3.63) is 51.3 Å². The number of carbonyl (C=O) groups is 2. The van der Waals surface area contributed by atoms with Gasteiger partial charge in [-0.25, -0.2) is 17.6 Å². The summed E-state index contributed by atoms with van der Waals surface area (Å²) in [5.74, 6) is -3.96. The summed E-state index contributed by atoms with van der Waals surface area (Å²) < 4.78 is 46.0. The molecule has 36 heavy (non-hydrogen) atoms. The Balaban J connectivity index is 1.73. The van der Waals surface area contributed by atoms with Gasteiger partial charge in [0.15, 0.2) is 5.82 Å². The number of carboxylic acids is 1. The van der Waals surface area contributed by atoms with E-state index in [9.17, 15) is 32.8 Å². The number of sulfonamides is 1. The fourth-order valence-electron chi connectivity index (χ4n) is 4.13. The second-order valence-corrected chi connectivity index (χ2v) is 10.3. The number of carbonyl (C=O) groups excluding carboxylic acids is 1. The second kappa shape index (κ2) is 11.1. The molecule has 0 atom stereocenters. The molecule has 0 aliphatic carbocycles. The maximum absolute atomic E-state index is 14.0. The molecule has 10 nitrogen and oxygen atoms in total. The number of amides is 1. The van der Waals surface area contributed by atoms with Crippen LogP contribution in [0, 0.1) is 23.1 Å². The van der Waals surface area contributed by atoms with E-state index in [0.717, 1.165) is 6.07 Å². The SMILES string of the molecule is CCc1c(C#N)c(N2CCC(C(=O)NS(=O)(=O)Cc3ccc(Cl)cc3F)CC2)nc(OC)c1C(=O)O. The van der Waals surface area contributed by atoms with Crippen LogP contribution in [0.5, 0.6) is 5.88 Å². The molecule has 1 aromatic carbocycles. The third-order valence-corrected chi connectivity index (χ3v) is 7.34. The average Bonchev–Trinajstić information content (AvgIpc) is 2.83. The summed E-state index contributed by atoms with van der Waals surface area (Å²) in [6, 6.07) is 5.63. The Labute approximate surface area is 212 Å². The van der Waals surface area contributed by atoms with Crippen LogP contribution in [0.4, 0.5) is 10.2 Å². The molecule has 1 saturated heterocycles. The first-order chi connectivity index (χ1) is 17.0. The van der Waals surface area contributed by atoms with Gasteiger partial charge in [0.2, 0.25) is 21.8 Å². The second-order valence-electron chi connectivity index (χ2n) is 8.17. The number of aromatic carboxylic acids is 1. The average molecular weight is 539 g/mol. The molecule has 192 valence electrons. The van der Waals surface area contributed by atoms with Crippen LogP contribution in [0.1, 0.15) is 46.8 Å². The summed E-state index contributed by atoms with van der Waals surface area (Å²) >= 11 is 5.69. The van der Waals surface area contributed by atoms with Crippen LogP contribution in [-0.2, 0) is 27.0 Å². The molecule has 3 rings (SSSR count). The van der Waals surface area contributed by atoms with E-state index < -0.39 is 39.4 Å². The summed E-state index contributed by atoms with van der Waals surface area (Å²) in [6.07, 6.45) is 0.780. The van der Waals surface area contributed by atoms with Crippen molar-refractivity contribution in [2.75, 3.05) is 25.1 Å². The van der Waals surface area contributed by atoms with Gasteiger partial charge in [-0.05, 0) is 37.0 Å². The third-order valence-electron chi connectivity index (χ3n) is 5.90. The number of methoxy groups -OCH3 is 1. The quantitative estimate of drug-likeness (QED) is 0.517. The zero-order valence-electron chi connectivity index (χ0n) is 19.5. The van der Waals surface area contributed by atoms with E-state index in [-0.39, 0.29) is 65.8 Å². The van der Waals surface area contributed by atoms with Gasteiger partial charge in [0.25, 0.3) is 0 Å². The summed E-state index contributed by atoms with van der Waals surface area (Å²) in [6.45, 7) is 2.26. The van der Waals surface area contributed by atoms with E-state index >= 15 is 0 Å². The first-order valence-corrected chi connectivity index (χ1v) is 13.0. The normalized spacial score (nSPS) is 14.2.